The third-order valence-electron chi connectivity index (χ3n) is 6.58. The van der Waals surface area contributed by atoms with Gasteiger partial charge in [-0.3, -0.25) is 4.79 Å². The van der Waals surface area contributed by atoms with E-state index in [4.69, 9.17) is 9.47 Å². The van der Waals surface area contributed by atoms with Crippen LogP contribution in [0.5, 0.6) is 11.5 Å². The predicted octanol–water partition coefficient (Wildman–Crippen LogP) is 3.32. The van der Waals surface area contributed by atoms with Crippen LogP contribution in [0.3, 0.4) is 0 Å². The van der Waals surface area contributed by atoms with Crippen LogP contribution in [-0.4, -0.2) is 79.6 Å². The number of carbonyl (C=O) groups is 1. The second-order valence-corrected chi connectivity index (χ2v) is 11.4. The zero-order valence-electron chi connectivity index (χ0n) is 23.3. The number of carbonyl (C=O) groups excluding carboxylic acids is 1. The SMILES string of the molecule is COc1ccc([C@H](CNC(=O)c2cccc(S(=O)(=O)NC[C@@H](c3ccc(OC)cc3)N(C)C)c2)N(C)C)cc1. The Bertz CT molecular complexity index is 1330. The number of rotatable bonds is 13. The van der Waals surface area contributed by atoms with Crippen molar-refractivity contribution in [1.29, 1.82) is 0 Å². The number of amides is 1. The third kappa shape index (κ3) is 8.03. The second kappa shape index (κ2) is 13.6. The monoisotopic (exact) mass is 554 g/mol. The van der Waals surface area contributed by atoms with Gasteiger partial charge in [-0.25, -0.2) is 13.1 Å². The molecule has 0 heterocycles. The van der Waals surface area contributed by atoms with E-state index in [2.05, 4.69) is 10.0 Å². The van der Waals surface area contributed by atoms with Gasteiger partial charge in [-0.2, -0.15) is 0 Å². The van der Waals surface area contributed by atoms with Crippen molar-refractivity contribution in [1.82, 2.24) is 19.8 Å². The minimum atomic E-state index is -3.86. The molecule has 0 radical (unpaired) electrons. The molecule has 0 aliphatic carbocycles. The first kappa shape index (κ1) is 30.1. The Morgan fingerprint density at radius 3 is 1.72 bits per heavy atom. The van der Waals surface area contributed by atoms with Crippen molar-refractivity contribution in [2.45, 2.75) is 17.0 Å². The van der Waals surface area contributed by atoms with Crippen LogP contribution in [0, 0.1) is 0 Å². The number of hydrogen-bond acceptors (Lipinski definition) is 7. The molecule has 0 aliphatic heterocycles. The molecule has 9 nitrogen and oxygen atoms in total. The van der Waals surface area contributed by atoms with Gasteiger partial charge in [-0.15, -0.1) is 0 Å². The minimum Gasteiger partial charge on any atom is -0.497 e. The zero-order chi connectivity index (χ0) is 28.6. The Morgan fingerprint density at radius 2 is 1.26 bits per heavy atom. The molecule has 2 atom stereocenters. The van der Waals surface area contributed by atoms with Crippen molar-refractivity contribution in [3.8, 4) is 11.5 Å². The Morgan fingerprint density at radius 1 is 0.769 bits per heavy atom. The first-order valence-corrected chi connectivity index (χ1v) is 14.0. The summed E-state index contributed by atoms with van der Waals surface area (Å²) in [5.41, 5.74) is 2.24. The molecule has 10 heteroatoms. The number of methoxy groups -OCH3 is 2. The van der Waals surface area contributed by atoms with Gasteiger partial charge >= 0.3 is 0 Å². The molecule has 0 fully saturated rings. The van der Waals surface area contributed by atoms with Gasteiger partial charge < -0.3 is 24.6 Å². The molecule has 3 aromatic rings. The van der Waals surface area contributed by atoms with Crippen LogP contribution in [0.1, 0.15) is 33.6 Å². The van der Waals surface area contributed by atoms with Crippen LogP contribution in [-0.2, 0) is 10.0 Å². The summed E-state index contributed by atoms with van der Waals surface area (Å²) in [6.07, 6.45) is 0. The molecule has 1 amide bonds. The standard InChI is InChI=1S/C29H38N4O5S/c1-32(2)27(21-10-14-24(37-5)15-11-21)19-30-29(34)23-8-7-9-26(18-23)39(35,36)31-20-28(33(3)4)22-12-16-25(38-6)17-13-22/h7-18,27-28,31H,19-20H2,1-6H3,(H,30,34)/t27-,28-/m0/s1. The molecule has 3 rings (SSSR count). The lowest BCUT2D eigenvalue weighted by molar-refractivity contribution is 0.0941. The van der Waals surface area contributed by atoms with Gasteiger partial charge in [0.05, 0.1) is 25.2 Å². The van der Waals surface area contributed by atoms with E-state index in [0.29, 0.717) is 6.54 Å². The number of likely N-dealkylation sites (N-methyl/N-ethyl adjacent to an activating group) is 2. The van der Waals surface area contributed by atoms with E-state index >= 15 is 0 Å². The molecule has 3 aromatic carbocycles. The van der Waals surface area contributed by atoms with Gasteiger partial charge in [0.2, 0.25) is 10.0 Å². The van der Waals surface area contributed by atoms with E-state index in [1.54, 1.807) is 26.4 Å². The summed E-state index contributed by atoms with van der Waals surface area (Å²) >= 11 is 0. The molecule has 0 aromatic heterocycles. The predicted molar refractivity (Wildman–Crippen MR) is 153 cm³/mol. The van der Waals surface area contributed by atoms with Crippen LogP contribution >= 0.6 is 0 Å². The molecule has 39 heavy (non-hydrogen) atoms. The van der Waals surface area contributed by atoms with Gasteiger partial charge in [0.15, 0.2) is 0 Å². The highest BCUT2D eigenvalue weighted by Crippen LogP contribution is 2.23. The molecule has 0 saturated heterocycles. The van der Waals surface area contributed by atoms with E-state index < -0.39 is 10.0 Å². The van der Waals surface area contributed by atoms with E-state index in [9.17, 15) is 13.2 Å². The van der Waals surface area contributed by atoms with Crippen LogP contribution in [0.4, 0.5) is 0 Å². The maximum absolute atomic E-state index is 13.2. The van der Waals surface area contributed by atoms with Crippen molar-refractivity contribution < 1.29 is 22.7 Å². The number of nitrogens with one attached hydrogen (secondary N) is 2. The van der Waals surface area contributed by atoms with Crippen LogP contribution < -0.4 is 19.5 Å². The van der Waals surface area contributed by atoms with Gasteiger partial charge in [-0.05, 0) is 81.8 Å². The number of hydrogen-bond donors (Lipinski definition) is 2. The largest absolute Gasteiger partial charge is 0.497 e. The first-order chi connectivity index (χ1) is 18.6. The zero-order valence-corrected chi connectivity index (χ0v) is 24.2. The molecule has 0 bridgehead atoms. The highest BCUT2D eigenvalue weighted by Gasteiger charge is 2.22. The normalized spacial score (nSPS) is 13.2. The van der Waals surface area contributed by atoms with Crippen LogP contribution in [0.2, 0.25) is 0 Å². The van der Waals surface area contributed by atoms with Gasteiger partial charge in [0, 0.05) is 24.7 Å². The lowest BCUT2D eigenvalue weighted by Gasteiger charge is -2.25. The highest BCUT2D eigenvalue weighted by atomic mass is 32.2. The Labute approximate surface area is 231 Å². The summed E-state index contributed by atoms with van der Waals surface area (Å²) in [6.45, 7) is 0.504. The fraction of sp³-hybridized carbons (Fsp3) is 0.345. The average molecular weight is 555 g/mol. The summed E-state index contributed by atoms with van der Waals surface area (Å²) in [5.74, 6) is 1.14. The van der Waals surface area contributed by atoms with Crippen molar-refractivity contribution in [3.63, 3.8) is 0 Å². The van der Waals surface area contributed by atoms with Crippen molar-refractivity contribution in [2.75, 3.05) is 55.5 Å². The van der Waals surface area contributed by atoms with E-state index in [1.165, 1.54) is 12.1 Å². The molecule has 0 saturated carbocycles. The number of ether oxygens (including phenoxy) is 2. The van der Waals surface area contributed by atoms with Gasteiger partial charge in [-0.1, -0.05) is 30.3 Å². The molecule has 0 unspecified atom stereocenters. The second-order valence-electron chi connectivity index (χ2n) is 9.59. The van der Waals surface area contributed by atoms with Crippen LogP contribution in [0.25, 0.3) is 0 Å². The van der Waals surface area contributed by atoms with Crippen molar-refractivity contribution in [2.24, 2.45) is 0 Å². The summed E-state index contributed by atoms with van der Waals surface area (Å²) in [6, 6.07) is 21.0. The summed E-state index contributed by atoms with van der Waals surface area (Å²) in [4.78, 5) is 17.0. The Hall–Kier alpha value is -3.44. The van der Waals surface area contributed by atoms with E-state index in [-0.39, 0.29) is 35.0 Å². The van der Waals surface area contributed by atoms with E-state index in [0.717, 1.165) is 22.6 Å². The lowest BCUT2D eigenvalue weighted by Crippen LogP contribution is -2.35. The van der Waals surface area contributed by atoms with Crippen LogP contribution in [0.15, 0.2) is 77.7 Å². The molecular weight excluding hydrogens is 516 g/mol. The first-order valence-electron chi connectivity index (χ1n) is 12.5. The van der Waals surface area contributed by atoms with Crippen molar-refractivity contribution in [3.05, 3.63) is 89.5 Å². The minimum absolute atomic E-state index is 0.0294. The maximum Gasteiger partial charge on any atom is 0.251 e. The van der Waals surface area contributed by atoms with E-state index in [1.807, 2.05) is 86.5 Å². The highest BCUT2D eigenvalue weighted by molar-refractivity contribution is 7.89. The number of sulfonamides is 1. The fourth-order valence-corrected chi connectivity index (χ4v) is 5.30. The maximum atomic E-state index is 13.2. The molecule has 0 aliphatic rings. The lowest BCUT2D eigenvalue weighted by atomic mass is 10.1. The Balaban J connectivity index is 1.69. The fourth-order valence-electron chi connectivity index (χ4n) is 4.22. The smallest absolute Gasteiger partial charge is 0.251 e. The quantitative estimate of drug-likeness (QED) is 0.334. The summed E-state index contributed by atoms with van der Waals surface area (Å²) in [7, 11) is 7.01. The van der Waals surface area contributed by atoms with Gasteiger partial charge in [0.25, 0.3) is 5.91 Å². The number of benzene rings is 3. The average Bonchev–Trinajstić information content (AvgIpc) is 2.93. The molecule has 0 spiro atoms. The third-order valence-corrected chi connectivity index (χ3v) is 8.00. The van der Waals surface area contributed by atoms with Crippen molar-refractivity contribution >= 4 is 15.9 Å². The Kier molecular flexibility index (Phi) is 10.5. The molecule has 210 valence electrons. The molecular formula is C29H38N4O5S. The van der Waals surface area contributed by atoms with Gasteiger partial charge in [0.1, 0.15) is 11.5 Å². The summed E-state index contributed by atoms with van der Waals surface area (Å²) < 4.78 is 39.5. The summed E-state index contributed by atoms with van der Waals surface area (Å²) in [5, 5.41) is 2.94. The molecule has 2 N–H and O–H groups in total. The topological polar surface area (TPSA) is 100 Å². The number of nitrogens with zero attached hydrogens (tertiary/aromatic N) is 2.